The molecule has 0 atom stereocenters. The van der Waals surface area contributed by atoms with Gasteiger partial charge in [-0.3, -0.25) is 14.0 Å². The Hall–Kier alpha value is -2.47. The number of amides is 1. The Kier molecular flexibility index (Phi) is 3.54. The van der Waals surface area contributed by atoms with Crippen molar-refractivity contribution in [1.29, 1.82) is 0 Å². The quantitative estimate of drug-likeness (QED) is 0.791. The van der Waals surface area contributed by atoms with Gasteiger partial charge in [-0.25, -0.2) is 4.98 Å². The molecule has 112 valence electrons. The largest absolute Gasteiger partial charge is 0.322 e. The number of nitrogens with one attached hydrogen (secondary N) is 1. The molecule has 0 aliphatic rings. The summed E-state index contributed by atoms with van der Waals surface area (Å²) in [6.45, 7) is 5.80. The van der Waals surface area contributed by atoms with Crippen LogP contribution in [-0.2, 0) is 0 Å². The highest BCUT2D eigenvalue weighted by Crippen LogP contribution is 2.15. The predicted molar refractivity (Wildman–Crippen MR) is 87.9 cm³/mol. The van der Waals surface area contributed by atoms with E-state index in [0.29, 0.717) is 10.6 Å². The number of rotatable bonds is 2. The third-order valence-electron chi connectivity index (χ3n) is 3.63. The van der Waals surface area contributed by atoms with Crippen molar-refractivity contribution < 1.29 is 4.79 Å². The Morgan fingerprint density at radius 3 is 2.73 bits per heavy atom. The minimum atomic E-state index is -0.444. The molecule has 0 aliphatic carbocycles. The van der Waals surface area contributed by atoms with E-state index in [1.54, 1.807) is 0 Å². The molecule has 3 aromatic rings. The monoisotopic (exact) mass is 313 g/mol. The summed E-state index contributed by atoms with van der Waals surface area (Å²) in [5.74, 6) is -0.444. The first-order chi connectivity index (χ1) is 10.5. The highest BCUT2D eigenvalue weighted by atomic mass is 32.1. The molecule has 6 heteroatoms. The van der Waals surface area contributed by atoms with Crippen LogP contribution in [0.25, 0.3) is 4.96 Å². The summed E-state index contributed by atoms with van der Waals surface area (Å²) in [6, 6.07) is 5.63. The Labute approximate surface area is 131 Å². The number of anilines is 1. The average molecular weight is 313 g/mol. The molecule has 0 unspecified atom stereocenters. The molecule has 2 aromatic heterocycles. The first-order valence-corrected chi connectivity index (χ1v) is 7.70. The normalized spacial score (nSPS) is 10.9. The topological polar surface area (TPSA) is 63.5 Å². The van der Waals surface area contributed by atoms with Gasteiger partial charge in [0.2, 0.25) is 0 Å². The first-order valence-electron chi connectivity index (χ1n) is 6.82. The van der Waals surface area contributed by atoms with Crippen molar-refractivity contribution in [2.24, 2.45) is 0 Å². The third-order valence-corrected chi connectivity index (χ3v) is 4.58. The lowest BCUT2D eigenvalue weighted by Crippen LogP contribution is -2.26. The summed E-state index contributed by atoms with van der Waals surface area (Å²) < 4.78 is 1.46. The van der Waals surface area contributed by atoms with Gasteiger partial charge in [0.15, 0.2) is 4.96 Å². The maximum atomic E-state index is 12.4. The summed E-state index contributed by atoms with van der Waals surface area (Å²) in [7, 11) is 0. The number of carbonyl (C=O) groups excluding carboxylic acids is 1. The van der Waals surface area contributed by atoms with Gasteiger partial charge in [0, 0.05) is 23.0 Å². The fourth-order valence-corrected chi connectivity index (χ4v) is 3.03. The number of fused-ring (bicyclic) bond motifs is 1. The molecule has 0 bridgehead atoms. The molecule has 1 N–H and O–H groups in total. The number of carbonyl (C=O) groups is 1. The second kappa shape index (κ2) is 5.38. The van der Waals surface area contributed by atoms with E-state index < -0.39 is 5.91 Å². The molecular weight excluding hydrogens is 298 g/mol. The smallest absolute Gasteiger partial charge is 0.271 e. The van der Waals surface area contributed by atoms with Crippen molar-refractivity contribution in [3.8, 4) is 0 Å². The van der Waals surface area contributed by atoms with Crippen molar-refractivity contribution in [3.63, 3.8) is 0 Å². The zero-order valence-electron chi connectivity index (χ0n) is 12.5. The van der Waals surface area contributed by atoms with Crippen LogP contribution in [0, 0.1) is 20.8 Å². The molecule has 5 nitrogen and oxygen atoms in total. The average Bonchev–Trinajstić information content (AvgIpc) is 2.85. The number of nitrogens with zero attached hydrogens (tertiary/aromatic N) is 2. The van der Waals surface area contributed by atoms with Gasteiger partial charge in [0.05, 0.1) is 0 Å². The molecule has 0 aliphatic heterocycles. The van der Waals surface area contributed by atoms with Gasteiger partial charge >= 0.3 is 0 Å². The van der Waals surface area contributed by atoms with Crippen LogP contribution < -0.4 is 10.9 Å². The van der Waals surface area contributed by atoms with Gasteiger partial charge in [0.1, 0.15) is 5.56 Å². The second-order valence-corrected chi connectivity index (χ2v) is 6.06. The van der Waals surface area contributed by atoms with Crippen molar-refractivity contribution in [3.05, 3.63) is 62.5 Å². The minimum Gasteiger partial charge on any atom is -0.322 e. The predicted octanol–water partition coefficient (Wildman–Crippen LogP) is 2.93. The number of thiazole rings is 1. The van der Waals surface area contributed by atoms with E-state index in [4.69, 9.17) is 0 Å². The highest BCUT2D eigenvalue weighted by Gasteiger charge is 2.15. The van der Waals surface area contributed by atoms with Crippen LogP contribution in [0.2, 0.25) is 0 Å². The standard InChI is InChI=1S/C16H15N3O2S/c1-9-4-5-12(6-10(9)2)18-14(20)13-7-17-16-19(15(13)21)11(3)8-22-16/h4-8H,1-3H3,(H,18,20). The molecule has 0 fully saturated rings. The fourth-order valence-electron chi connectivity index (χ4n) is 2.20. The Bertz CT molecular complexity index is 940. The van der Waals surface area contributed by atoms with Crippen LogP contribution in [0.15, 0.2) is 34.6 Å². The Morgan fingerprint density at radius 1 is 1.23 bits per heavy atom. The summed E-state index contributed by atoms with van der Waals surface area (Å²) in [5.41, 5.74) is 3.37. The van der Waals surface area contributed by atoms with Gasteiger partial charge in [-0.1, -0.05) is 6.07 Å². The molecule has 0 radical (unpaired) electrons. The molecule has 3 rings (SSSR count). The third kappa shape index (κ3) is 2.42. The lowest BCUT2D eigenvalue weighted by molar-refractivity contribution is 0.102. The van der Waals surface area contributed by atoms with Gasteiger partial charge in [-0.05, 0) is 44.0 Å². The zero-order valence-corrected chi connectivity index (χ0v) is 13.3. The Balaban J connectivity index is 1.98. The van der Waals surface area contributed by atoms with Crippen LogP contribution in [0.5, 0.6) is 0 Å². The van der Waals surface area contributed by atoms with Crippen molar-refractivity contribution in [2.75, 3.05) is 5.32 Å². The molecule has 1 amide bonds. The maximum absolute atomic E-state index is 12.4. The van der Waals surface area contributed by atoms with Crippen molar-refractivity contribution in [1.82, 2.24) is 9.38 Å². The maximum Gasteiger partial charge on any atom is 0.271 e. The molecule has 0 saturated heterocycles. The number of hydrogen-bond acceptors (Lipinski definition) is 4. The van der Waals surface area contributed by atoms with E-state index in [9.17, 15) is 9.59 Å². The number of aromatic nitrogens is 2. The van der Waals surface area contributed by atoms with Crippen molar-refractivity contribution >= 4 is 27.9 Å². The van der Waals surface area contributed by atoms with E-state index in [1.807, 2.05) is 44.4 Å². The van der Waals surface area contributed by atoms with E-state index in [0.717, 1.165) is 16.8 Å². The van der Waals surface area contributed by atoms with Gasteiger partial charge in [0.25, 0.3) is 11.5 Å². The molecule has 22 heavy (non-hydrogen) atoms. The number of benzene rings is 1. The molecule has 2 heterocycles. The van der Waals surface area contributed by atoms with Crippen LogP contribution in [-0.4, -0.2) is 15.3 Å². The number of hydrogen-bond donors (Lipinski definition) is 1. The van der Waals surface area contributed by atoms with Crippen molar-refractivity contribution in [2.45, 2.75) is 20.8 Å². The van der Waals surface area contributed by atoms with E-state index in [1.165, 1.54) is 21.9 Å². The fraction of sp³-hybridized carbons (Fsp3) is 0.188. The summed E-state index contributed by atoms with van der Waals surface area (Å²) in [6.07, 6.45) is 1.34. The van der Waals surface area contributed by atoms with Gasteiger partial charge < -0.3 is 5.32 Å². The van der Waals surface area contributed by atoms with E-state index in [2.05, 4.69) is 10.3 Å². The summed E-state index contributed by atoms with van der Waals surface area (Å²) in [4.78, 5) is 29.5. The van der Waals surface area contributed by atoms with Gasteiger partial charge in [-0.2, -0.15) is 0 Å². The second-order valence-electron chi connectivity index (χ2n) is 5.23. The minimum absolute atomic E-state index is 0.0391. The molecule has 1 aromatic carbocycles. The van der Waals surface area contributed by atoms with Crippen LogP contribution >= 0.6 is 11.3 Å². The first kappa shape index (κ1) is 14.5. The summed E-state index contributed by atoms with van der Waals surface area (Å²) >= 11 is 1.38. The number of aryl methyl sites for hydroxylation is 3. The lowest BCUT2D eigenvalue weighted by atomic mass is 10.1. The Morgan fingerprint density at radius 2 is 2.00 bits per heavy atom. The molecular formula is C16H15N3O2S. The highest BCUT2D eigenvalue weighted by molar-refractivity contribution is 7.15. The van der Waals surface area contributed by atoms with Crippen LogP contribution in [0.3, 0.4) is 0 Å². The summed E-state index contributed by atoms with van der Waals surface area (Å²) in [5, 5.41) is 4.60. The van der Waals surface area contributed by atoms with Crippen LogP contribution in [0.1, 0.15) is 27.2 Å². The zero-order chi connectivity index (χ0) is 15.9. The van der Waals surface area contributed by atoms with Crippen LogP contribution in [0.4, 0.5) is 5.69 Å². The molecule has 0 spiro atoms. The van der Waals surface area contributed by atoms with E-state index in [-0.39, 0.29) is 11.1 Å². The lowest BCUT2D eigenvalue weighted by Gasteiger charge is -2.07. The SMILES string of the molecule is Cc1ccc(NC(=O)c2cnc3scc(C)n3c2=O)cc1C. The van der Waals surface area contributed by atoms with Gasteiger partial charge in [-0.15, -0.1) is 11.3 Å². The molecule has 0 saturated carbocycles. The van der Waals surface area contributed by atoms with E-state index >= 15 is 0 Å².